The number of hydrogen-bond donors (Lipinski definition) is 2. The molecular weight excluding hydrogens is 308 g/mol. The second-order valence-corrected chi connectivity index (χ2v) is 5.59. The van der Waals surface area contributed by atoms with Crippen molar-refractivity contribution in [3.8, 4) is 11.5 Å². The number of carbonyl (C=O) groups excluding carboxylic acids is 1. The second-order valence-electron chi connectivity index (χ2n) is 5.59. The van der Waals surface area contributed by atoms with Crippen molar-refractivity contribution >= 4 is 5.91 Å². The molecule has 1 aromatic carbocycles. The van der Waals surface area contributed by atoms with E-state index in [-0.39, 0.29) is 24.4 Å². The Labute approximate surface area is 140 Å². The summed E-state index contributed by atoms with van der Waals surface area (Å²) in [5, 5.41) is 2.78. The van der Waals surface area contributed by atoms with Crippen molar-refractivity contribution in [2.75, 3.05) is 14.2 Å². The van der Waals surface area contributed by atoms with Crippen LogP contribution in [0.25, 0.3) is 0 Å². The highest BCUT2D eigenvalue weighted by molar-refractivity contribution is 5.78. The van der Waals surface area contributed by atoms with Crippen molar-refractivity contribution in [2.45, 2.75) is 26.8 Å². The number of pyridine rings is 1. The Morgan fingerprint density at radius 2 is 1.83 bits per heavy atom. The van der Waals surface area contributed by atoms with Gasteiger partial charge in [-0.05, 0) is 43.2 Å². The number of hydrogen-bond acceptors (Lipinski definition) is 4. The highest BCUT2D eigenvalue weighted by Gasteiger charge is 2.10. The number of benzene rings is 1. The number of aromatic nitrogens is 1. The molecule has 1 aromatic heterocycles. The zero-order chi connectivity index (χ0) is 17.7. The van der Waals surface area contributed by atoms with Crippen molar-refractivity contribution < 1.29 is 14.3 Å². The van der Waals surface area contributed by atoms with E-state index in [1.54, 1.807) is 26.4 Å². The Balaban J connectivity index is 2.03. The van der Waals surface area contributed by atoms with Gasteiger partial charge in [-0.15, -0.1) is 0 Å². The number of rotatable bonds is 6. The Hall–Kier alpha value is -2.76. The smallest absolute Gasteiger partial charge is 0.253 e. The van der Waals surface area contributed by atoms with Crippen LogP contribution in [0.3, 0.4) is 0 Å². The van der Waals surface area contributed by atoms with Gasteiger partial charge < -0.3 is 19.8 Å². The minimum atomic E-state index is -0.168. The molecule has 1 amide bonds. The molecule has 0 aliphatic rings. The van der Waals surface area contributed by atoms with E-state index >= 15 is 0 Å². The fourth-order valence-corrected chi connectivity index (χ4v) is 2.53. The Morgan fingerprint density at radius 3 is 2.46 bits per heavy atom. The minimum absolute atomic E-state index is 0.165. The van der Waals surface area contributed by atoms with Crippen LogP contribution in [0.1, 0.15) is 22.4 Å². The molecule has 0 aliphatic heterocycles. The summed E-state index contributed by atoms with van der Waals surface area (Å²) in [6.45, 7) is 3.89. The monoisotopic (exact) mass is 330 g/mol. The third-order valence-corrected chi connectivity index (χ3v) is 3.77. The fourth-order valence-electron chi connectivity index (χ4n) is 2.53. The van der Waals surface area contributed by atoms with Gasteiger partial charge in [-0.3, -0.25) is 9.59 Å². The third kappa shape index (κ3) is 4.16. The van der Waals surface area contributed by atoms with Gasteiger partial charge in [-0.2, -0.15) is 0 Å². The summed E-state index contributed by atoms with van der Waals surface area (Å²) in [5.74, 6) is 1.03. The second kappa shape index (κ2) is 7.68. The number of H-pyrrole nitrogens is 1. The highest BCUT2D eigenvalue weighted by atomic mass is 16.5. The lowest BCUT2D eigenvalue weighted by molar-refractivity contribution is -0.120. The summed E-state index contributed by atoms with van der Waals surface area (Å²) < 4.78 is 10.4. The predicted molar refractivity (Wildman–Crippen MR) is 91.6 cm³/mol. The Morgan fingerprint density at radius 1 is 1.12 bits per heavy atom. The molecule has 0 unspecified atom stereocenters. The van der Waals surface area contributed by atoms with Crippen LogP contribution >= 0.6 is 0 Å². The first-order valence-corrected chi connectivity index (χ1v) is 7.61. The van der Waals surface area contributed by atoms with Crippen LogP contribution in [0.15, 0.2) is 29.1 Å². The number of aryl methyl sites for hydroxylation is 2. The van der Waals surface area contributed by atoms with Crippen molar-refractivity contribution in [1.29, 1.82) is 0 Å². The van der Waals surface area contributed by atoms with Gasteiger partial charge in [0.15, 0.2) is 11.5 Å². The molecule has 24 heavy (non-hydrogen) atoms. The molecule has 0 fully saturated rings. The van der Waals surface area contributed by atoms with Crippen LogP contribution in [-0.4, -0.2) is 25.1 Å². The van der Waals surface area contributed by atoms with E-state index in [4.69, 9.17) is 9.47 Å². The molecular formula is C18H22N2O4. The normalized spacial score (nSPS) is 10.3. The van der Waals surface area contributed by atoms with Gasteiger partial charge >= 0.3 is 0 Å². The lowest BCUT2D eigenvalue weighted by atomic mass is 10.1. The first kappa shape index (κ1) is 17.6. The average Bonchev–Trinajstić information content (AvgIpc) is 2.53. The standard InChI is InChI=1S/C18H22N2O4/c1-11-7-12(2)20-18(22)14(11)10-19-17(21)9-13-5-6-15(23-3)16(8-13)24-4/h5-8H,9-10H2,1-4H3,(H,19,21)(H,20,22). The summed E-state index contributed by atoms with van der Waals surface area (Å²) in [7, 11) is 3.11. The third-order valence-electron chi connectivity index (χ3n) is 3.77. The molecule has 128 valence electrons. The maximum absolute atomic E-state index is 12.1. The lowest BCUT2D eigenvalue weighted by Gasteiger charge is -2.10. The SMILES string of the molecule is COc1ccc(CC(=O)NCc2c(C)cc(C)[nH]c2=O)cc1OC. The van der Waals surface area contributed by atoms with Crippen LogP contribution < -0.4 is 20.3 Å². The molecule has 0 saturated heterocycles. The summed E-state index contributed by atoms with van der Waals surface area (Å²) in [4.78, 5) is 26.8. The zero-order valence-electron chi connectivity index (χ0n) is 14.4. The van der Waals surface area contributed by atoms with E-state index < -0.39 is 0 Å². The summed E-state index contributed by atoms with van der Waals surface area (Å²) >= 11 is 0. The van der Waals surface area contributed by atoms with Crippen LogP contribution in [0.4, 0.5) is 0 Å². The highest BCUT2D eigenvalue weighted by Crippen LogP contribution is 2.27. The van der Waals surface area contributed by atoms with Crippen molar-refractivity contribution in [3.05, 3.63) is 57.0 Å². The number of amides is 1. The molecule has 0 radical (unpaired) electrons. The van der Waals surface area contributed by atoms with Gasteiger partial charge in [-0.25, -0.2) is 0 Å². The average molecular weight is 330 g/mol. The van der Waals surface area contributed by atoms with E-state index in [1.165, 1.54) is 0 Å². The molecule has 0 spiro atoms. The van der Waals surface area contributed by atoms with Gasteiger partial charge in [-0.1, -0.05) is 6.07 Å². The molecule has 2 aromatic rings. The first-order valence-electron chi connectivity index (χ1n) is 7.61. The molecule has 2 rings (SSSR count). The lowest BCUT2D eigenvalue weighted by Crippen LogP contribution is -2.29. The summed E-state index contributed by atoms with van der Waals surface area (Å²) in [5.41, 5.74) is 2.88. The molecule has 0 aliphatic carbocycles. The summed E-state index contributed by atoms with van der Waals surface area (Å²) in [6, 6.07) is 7.22. The van der Waals surface area contributed by atoms with Gasteiger partial charge in [0.1, 0.15) is 0 Å². The van der Waals surface area contributed by atoms with Crippen LogP contribution in [-0.2, 0) is 17.8 Å². The van der Waals surface area contributed by atoms with Crippen molar-refractivity contribution in [1.82, 2.24) is 10.3 Å². The topological polar surface area (TPSA) is 80.4 Å². The predicted octanol–water partition coefficient (Wildman–Crippen LogP) is 1.87. The van der Waals surface area contributed by atoms with E-state index in [0.29, 0.717) is 17.1 Å². The maximum Gasteiger partial charge on any atom is 0.253 e. The number of methoxy groups -OCH3 is 2. The van der Waals surface area contributed by atoms with E-state index in [2.05, 4.69) is 10.3 Å². The van der Waals surface area contributed by atoms with Crippen LogP contribution in [0.2, 0.25) is 0 Å². The Bertz CT molecular complexity index is 796. The minimum Gasteiger partial charge on any atom is -0.493 e. The zero-order valence-corrected chi connectivity index (χ0v) is 14.4. The van der Waals surface area contributed by atoms with Crippen molar-refractivity contribution in [3.63, 3.8) is 0 Å². The number of ether oxygens (including phenoxy) is 2. The number of aromatic amines is 1. The van der Waals surface area contributed by atoms with Crippen LogP contribution in [0, 0.1) is 13.8 Å². The number of nitrogens with one attached hydrogen (secondary N) is 2. The van der Waals surface area contributed by atoms with Gasteiger partial charge in [0.05, 0.1) is 20.6 Å². The van der Waals surface area contributed by atoms with Gasteiger partial charge in [0.2, 0.25) is 5.91 Å². The van der Waals surface area contributed by atoms with E-state index in [0.717, 1.165) is 16.8 Å². The molecule has 6 heteroatoms. The van der Waals surface area contributed by atoms with E-state index in [9.17, 15) is 9.59 Å². The first-order chi connectivity index (χ1) is 11.4. The van der Waals surface area contributed by atoms with E-state index in [1.807, 2.05) is 26.0 Å². The molecule has 2 N–H and O–H groups in total. The molecule has 1 heterocycles. The van der Waals surface area contributed by atoms with Gasteiger partial charge in [0, 0.05) is 17.8 Å². The Kier molecular flexibility index (Phi) is 5.63. The number of carbonyl (C=O) groups is 1. The summed E-state index contributed by atoms with van der Waals surface area (Å²) in [6.07, 6.45) is 0.198. The molecule has 0 saturated carbocycles. The van der Waals surface area contributed by atoms with Crippen molar-refractivity contribution in [2.24, 2.45) is 0 Å². The molecule has 0 bridgehead atoms. The fraction of sp³-hybridized carbons (Fsp3) is 0.333. The maximum atomic E-state index is 12.1. The van der Waals surface area contributed by atoms with Crippen LogP contribution in [0.5, 0.6) is 11.5 Å². The molecule has 0 atom stereocenters. The quantitative estimate of drug-likeness (QED) is 0.847. The largest absolute Gasteiger partial charge is 0.493 e. The van der Waals surface area contributed by atoms with Gasteiger partial charge in [0.25, 0.3) is 5.56 Å². The molecule has 6 nitrogen and oxygen atoms in total.